The predicted octanol–water partition coefficient (Wildman–Crippen LogP) is 2.98. The molecule has 1 heterocycles. The molecule has 18 heavy (non-hydrogen) atoms. The number of nitrogens with one attached hydrogen (secondary N) is 1. The molecular formula is C15H24N2S. The van der Waals surface area contributed by atoms with Gasteiger partial charge < -0.3 is 10.2 Å². The number of thioether (sulfide) groups is 1. The van der Waals surface area contributed by atoms with Gasteiger partial charge in [-0.25, -0.2) is 0 Å². The average molecular weight is 264 g/mol. The van der Waals surface area contributed by atoms with Crippen LogP contribution in [0.4, 0.5) is 0 Å². The van der Waals surface area contributed by atoms with Gasteiger partial charge in [0.1, 0.15) is 0 Å². The number of benzene rings is 1. The highest BCUT2D eigenvalue weighted by Crippen LogP contribution is 2.16. The normalized spacial score (nSPS) is 21.1. The minimum atomic E-state index is 0.726. The summed E-state index contributed by atoms with van der Waals surface area (Å²) in [6.45, 7) is 3.36. The van der Waals surface area contributed by atoms with Gasteiger partial charge in [-0.15, -0.1) is 11.8 Å². The molecule has 1 atom stereocenters. The second-order valence-corrected chi connectivity index (χ2v) is 5.99. The van der Waals surface area contributed by atoms with Crippen molar-refractivity contribution in [2.45, 2.75) is 36.7 Å². The molecule has 0 amide bonds. The standard InChI is InChI=1S/C15H24N2S/c1-17-10-4-3-5-14(17)12-16-11-13-6-8-15(18-2)9-7-13/h6-9,14,16H,3-5,10-12H2,1-2H3. The summed E-state index contributed by atoms with van der Waals surface area (Å²) in [5, 5.41) is 3.59. The summed E-state index contributed by atoms with van der Waals surface area (Å²) >= 11 is 1.80. The highest BCUT2D eigenvalue weighted by molar-refractivity contribution is 7.98. The third-order valence-corrected chi connectivity index (χ3v) is 4.53. The van der Waals surface area contributed by atoms with Gasteiger partial charge >= 0.3 is 0 Å². The molecule has 1 unspecified atom stereocenters. The lowest BCUT2D eigenvalue weighted by molar-refractivity contribution is 0.181. The fourth-order valence-corrected chi connectivity index (χ4v) is 2.94. The number of rotatable bonds is 5. The molecule has 3 heteroatoms. The molecule has 0 saturated carbocycles. The Labute approximate surface area is 115 Å². The van der Waals surface area contributed by atoms with E-state index < -0.39 is 0 Å². The molecule has 0 aliphatic carbocycles. The first-order valence-corrected chi connectivity index (χ1v) is 8.06. The highest BCUT2D eigenvalue weighted by Gasteiger charge is 2.17. The molecule has 0 bridgehead atoms. The Morgan fingerprint density at radius 2 is 2.06 bits per heavy atom. The van der Waals surface area contributed by atoms with E-state index in [1.165, 1.54) is 36.3 Å². The van der Waals surface area contributed by atoms with Crippen molar-refractivity contribution in [1.29, 1.82) is 0 Å². The van der Waals surface area contributed by atoms with E-state index in [2.05, 4.69) is 47.8 Å². The van der Waals surface area contributed by atoms with E-state index in [1.807, 2.05) is 0 Å². The number of hydrogen-bond donors (Lipinski definition) is 1. The summed E-state index contributed by atoms with van der Waals surface area (Å²) in [4.78, 5) is 3.83. The summed E-state index contributed by atoms with van der Waals surface area (Å²) in [6, 6.07) is 9.58. The Kier molecular flexibility index (Phi) is 5.54. The highest BCUT2D eigenvalue weighted by atomic mass is 32.2. The zero-order valence-corrected chi connectivity index (χ0v) is 12.3. The van der Waals surface area contributed by atoms with Crippen molar-refractivity contribution in [2.75, 3.05) is 26.4 Å². The van der Waals surface area contributed by atoms with Crippen molar-refractivity contribution in [2.24, 2.45) is 0 Å². The summed E-state index contributed by atoms with van der Waals surface area (Å²) in [5.74, 6) is 0. The number of likely N-dealkylation sites (tertiary alicyclic amines) is 1. The van der Waals surface area contributed by atoms with Crippen LogP contribution in [0.2, 0.25) is 0 Å². The van der Waals surface area contributed by atoms with Crippen LogP contribution in [0.25, 0.3) is 0 Å². The molecule has 1 aromatic carbocycles. The van der Waals surface area contributed by atoms with Crippen molar-refractivity contribution in [3.8, 4) is 0 Å². The van der Waals surface area contributed by atoms with Crippen LogP contribution in [0.5, 0.6) is 0 Å². The molecule has 100 valence electrons. The van der Waals surface area contributed by atoms with Crippen LogP contribution in [0.15, 0.2) is 29.2 Å². The third-order valence-electron chi connectivity index (χ3n) is 3.79. The van der Waals surface area contributed by atoms with Gasteiger partial charge in [0.2, 0.25) is 0 Å². The number of nitrogens with zero attached hydrogens (tertiary/aromatic N) is 1. The molecule has 2 rings (SSSR count). The van der Waals surface area contributed by atoms with Gasteiger partial charge in [0.15, 0.2) is 0 Å². The van der Waals surface area contributed by atoms with Crippen molar-refractivity contribution < 1.29 is 0 Å². The minimum Gasteiger partial charge on any atom is -0.311 e. The summed E-state index contributed by atoms with van der Waals surface area (Å²) in [7, 11) is 2.25. The lowest BCUT2D eigenvalue weighted by Crippen LogP contribution is -2.42. The smallest absolute Gasteiger partial charge is 0.0217 e. The molecule has 2 nitrogen and oxygen atoms in total. The Morgan fingerprint density at radius 3 is 2.72 bits per heavy atom. The van der Waals surface area contributed by atoms with Crippen LogP contribution >= 0.6 is 11.8 Å². The second kappa shape index (κ2) is 7.17. The monoisotopic (exact) mass is 264 g/mol. The second-order valence-electron chi connectivity index (χ2n) is 5.11. The fourth-order valence-electron chi connectivity index (χ4n) is 2.53. The first-order chi connectivity index (χ1) is 8.79. The summed E-state index contributed by atoms with van der Waals surface area (Å²) in [6.07, 6.45) is 6.21. The molecule has 1 aliphatic rings. The van der Waals surface area contributed by atoms with Gasteiger partial charge in [-0.2, -0.15) is 0 Å². The third kappa shape index (κ3) is 4.01. The first kappa shape index (κ1) is 13.9. The fraction of sp³-hybridized carbons (Fsp3) is 0.600. The van der Waals surface area contributed by atoms with Gasteiger partial charge in [-0.1, -0.05) is 18.6 Å². The zero-order valence-electron chi connectivity index (χ0n) is 11.5. The van der Waals surface area contributed by atoms with Crippen molar-refractivity contribution in [1.82, 2.24) is 10.2 Å². The van der Waals surface area contributed by atoms with E-state index in [-0.39, 0.29) is 0 Å². The first-order valence-electron chi connectivity index (χ1n) is 6.83. The summed E-state index contributed by atoms with van der Waals surface area (Å²) < 4.78 is 0. The van der Waals surface area contributed by atoms with Crippen LogP contribution < -0.4 is 5.32 Å². The molecule has 0 radical (unpaired) electrons. The maximum absolute atomic E-state index is 3.59. The van der Waals surface area contributed by atoms with Crippen molar-refractivity contribution >= 4 is 11.8 Å². The predicted molar refractivity (Wildman–Crippen MR) is 80.2 cm³/mol. The number of likely N-dealkylation sites (N-methyl/N-ethyl adjacent to an activating group) is 1. The van der Waals surface area contributed by atoms with Gasteiger partial charge in [-0.05, 0) is 50.4 Å². The maximum atomic E-state index is 3.59. The van der Waals surface area contributed by atoms with E-state index >= 15 is 0 Å². The van der Waals surface area contributed by atoms with Gasteiger partial charge in [0.25, 0.3) is 0 Å². The minimum absolute atomic E-state index is 0.726. The summed E-state index contributed by atoms with van der Waals surface area (Å²) in [5.41, 5.74) is 1.38. The van der Waals surface area contributed by atoms with Gasteiger partial charge in [0, 0.05) is 24.0 Å². The molecule has 1 N–H and O–H groups in total. The maximum Gasteiger partial charge on any atom is 0.0217 e. The Balaban J connectivity index is 1.73. The number of hydrogen-bond acceptors (Lipinski definition) is 3. The quantitative estimate of drug-likeness (QED) is 0.823. The van der Waals surface area contributed by atoms with Gasteiger partial charge in [0.05, 0.1) is 0 Å². The Bertz CT molecular complexity index is 350. The van der Waals surface area contributed by atoms with E-state index in [0.717, 1.165) is 19.1 Å². The van der Waals surface area contributed by atoms with E-state index in [1.54, 1.807) is 11.8 Å². The topological polar surface area (TPSA) is 15.3 Å². The van der Waals surface area contributed by atoms with E-state index in [0.29, 0.717) is 0 Å². The van der Waals surface area contributed by atoms with Crippen LogP contribution in [0, 0.1) is 0 Å². The van der Waals surface area contributed by atoms with Crippen molar-refractivity contribution in [3.05, 3.63) is 29.8 Å². The molecule has 1 aromatic rings. The molecule has 0 aromatic heterocycles. The van der Waals surface area contributed by atoms with Crippen LogP contribution in [0.1, 0.15) is 24.8 Å². The zero-order chi connectivity index (χ0) is 12.8. The van der Waals surface area contributed by atoms with Crippen LogP contribution in [-0.2, 0) is 6.54 Å². The molecule has 1 aliphatic heterocycles. The molecule has 1 fully saturated rings. The molecule has 1 saturated heterocycles. The molecular weight excluding hydrogens is 240 g/mol. The largest absolute Gasteiger partial charge is 0.311 e. The van der Waals surface area contributed by atoms with Crippen LogP contribution in [0.3, 0.4) is 0 Å². The van der Waals surface area contributed by atoms with Crippen LogP contribution in [-0.4, -0.2) is 37.3 Å². The number of piperidine rings is 1. The molecule has 0 spiro atoms. The Morgan fingerprint density at radius 1 is 1.28 bits per heavy atom. The SMILES string of the molecule is CSc1ccc(CNCC2CCCCN2C)cc1. The van der Waals surface area contributed by atoms with Gasteiger partial charge in [-0.3, -0.25) is 0 Å². The average Bonchev–Trinajstić information content (AvgIpc) is 2.42. The van der Waals surface area contributed by atoms with E-state index in [9.17, 15) is 0 Å². The lowest BCUT2D eigenvalue weighted by atomic mass is 10.0. The van der Waals surface area contributed by atoms with Crippen molar-refractivity contribution in [3.63, 3.8) is 0 Å². The van der Waals surface area contributed by atoms with E-state index in [4.69, 9.17) is 0 Å². The Hall–Kier alpha value is -0.510. The lowest BCUT2D eigenvalue weighted by Gasteiger charge is -2.32.